The predicted octanol–water partition coefficient (Wildman–Crippen LogP) is 13.5. The Balaban J connectivity index is 0.000000290. The Hall–Kier alpha value is -3.42. The minimum atomic E-state index is -1.35. The molecule has 4 nitrogen and oxygen atoms in total. The molecule has 295 valence electrons. The Kier molecular flexibility index (Phi) is 14.3. The zero-order valence-corrected chi connectivity index (χ0v) is 38.9. The van der Waals surface area contributed by atoms with Crippen molar-refractivity contribution in [2.75, 3.05) is 0 Å². The molecule has 55 heavy (non-hydrogen) atoms. The van der Waals surface area contributed by atoms with Gasteiger partial charge in [-0.25, -0.2) is 4.39 Å². The minimum Gasteiger partial charge on any atom is -0.512 e. The first-order valence-corrected chi connectivity index (χ1v) is 23.6. The van der Waals surface area contributed by atoms with E-state index in [0.29, 0.717) is 34.8 Å². The first-order chi connectivity index (χ1) is 25.3. The molecule has 0 aliphatic carbocycles. The van der Waals surface area contributed by atoms with Crippen molar-refractivity contribution in [3.05, 3.63) is 95.6 Å². The quantitative estimate of drug-likeness (QED) is 0.0643. The van der Waals surface area contributed by atoms with Gasteiger partial charge in [-0.2, -0.15) is 0 Å². The summed E-state index contributed by atoms with van der Waals surface area (Å²) in [4.78, 5) is 18.4. The second-order valence-electron chi connectivity index (χ2n) is 17.2. The number of aliphatic hydroxyl groups is 1. The van der Waals surface area contributed by atoms with E-state index >= 15 is 0 Å². The van der Waals surface area contributed by atoms with Gasteiger partial charge in [-0.05, 0) is 65.3 Å². The number of carbonyl (C=O) groups is 1. The summed E-state index contributed by atoms with van der Waals surface area (Å²) in [5.41, 5.74) is 6.40. The average molecular weight is 955 g/mol. The van der Waals surface area contributed by atoms with Crippen LogP contribution in [-0.4, -0.2) is 23.9 Å². The molecule has 0 fully saturated rings. The van der Waals surface area contributed by atoms with E-state index < -0.39 is 8.07 Å². The Morgan fingerprint density at radius 3 is 2.00 bits per heavy atom. The van der Waals surface area contributed by atoms with E-state index in [9.17, 15) is 14.3 Å². The molecule has 3 aromatic heterocycles. The zero-order valence-electron chi connectivity index (χ0n) is 34.6. The van der Waals surface area contributed by atoms with Crippen molar-refractivity contribution in [1.82, 2.24) is 4.98 Å². The monoisotopic (exact) mass is 955 g/mol. The third-order valence-electron chi connectivity index (χ3n) is 10.5. The molecule has 6 rings (SSSR count). The van der Waals surface area contributed by atoms with Crippen LogP contribution < -0.4 is 5.19 Å². The maximum atomic E-state index is 13.9. The number of hydrogen-bond acceptors (Lipinski definition) is 5. The number of pyridine rings is 1. The molecular weight excluding hydrogens is 898 g/mol. The van der Waals surface area contributed by atoms with E-state index in [2.05, 4.69) is 118 Å². The summed E-state index contributed by atoms with van der Waals surface area (Å²) in [7, 11) is -1.35. The molecule has 1 N–H and O–H groups in total. The van der Waals surface area contributed by atoms with Gasteiger partial charge in [-0.3, -0.25) is 4.79 Å². The van der Waals surface area contributed by atoms with Gasteiger partial charge in [0.2, 0.25) is 0 Å². The van der Waals surface area contributed by atoms with Crippen molar-refractivity contribution in [3.8, 4) is 21.7 Å². The molecule has 1 radical (unpaired) electrons. The summed E-state index contributed by atoms with van der Waals surface area (Å²) in [5.74, 6) is 1.32. The SMILES string of the molecule is CC(C)C(C(=O)/C=C(\O)C(C(C)C)C(C)C)C(C)C.Cc1[c-]c(-c2nccc3c(C)c(-c4ccc([Si](C)(C)C)cc4)sc23)c2oc3cc(F)ccc3c2c1.[Ir]. The fourth-order valence-corrected chi connectivity index (χ4v) is 10.5. The van der Waals surface area contributed by atoms with Crippen molar-refractivity contribution in [2.24, 2.45) is 35.5 Å². The van der Waals surface area contributed by atoms with Crippen molar-refractivity contribution in [3.63, 3.8) is 0 Å². The van der Waals surface area contributed by atoms with Gasteiger partial charge < -0.3 is 14.5 Å². The van der Waals surface area contributed by atoms with E-state index in [4.69, 9.17) is 9.40 Å². The molecule has 0 unspecified atom stereocenters. The molecule has 0 aliphatic heterocycles. The normalized spacial score (nSPS) is 12.5. The standard InChI is InChI=1S/C30H25FNOSSi.C17H32O2.Ir/c1-17-14-24-23-11-8-20(31)16-26(23)33-28(24)25(15-17)27-30-22(12-13-32-27)18(2)29(34-30)19-6-9-21(10-7-19)35(3,4)5;1-10(2)16(11(3)4)14(18)9-15(19)17(12(5)6)13(7)8;/h6-14,16H,1-5H3;9-13,16-18H,1-8H3;/q-1;;/b;14-9-;. The van der Waals surface area contributed by atoms with E-state index in [1.807, 2.05) is 19.2 Å². The molecule has 3 heterocycles. The Labute approximate surface area is 346 Å². The minimum absolute atomic E-state index is 0. The maximum absolute atomic E-state index is 13.9. The number of halogens is 1. The second-order valence-corrected chi connectivity index (χ2v) is 23.3. The van der Waals surface area contributed by atoms with Crippen LogP contribution in [0, 0.1) is 61.2 Å². The number of ketones is 1. The zero-order chi connectivity index (χ0) is 39.8. The summed E-state index contributed by atoms with van der Waals surface area (Å²) in [6, 6.07) is 21.4. The average Bonchev–Trinajstić information content (AvgIpc) is 3.60. The van der Waals surface area contributed by atoms with Gasteiger partial charge in [0.05, 0.1) is 19.4 Å². The van der Waals surface area contributed by atoms with Crippen LogP contribution in [0.15, 0.2) is 77.0 Å². The molecule has 6 aromatic rings. The van der Waals surface area contributed by atoms with Gasteiger partial charge in [0, 0.05) is 70.9 Å². The van der Waals surface area contributed by atoms with E-state index in [1.54, 1.807) is 17.4 Å². The van der Waals surface area contributed by atoms with Crippen LogP contribution in [-0.2, 0) is 24.9 Å². The van der Waals surface area contributed by atoms with Crippen LogP contribution in [0.2, 0.25) is 19.6 Å². The van der Waals surface area contributed by atoms with Gasteiger partial charge in [0.1, 0.15) is 11.4 Å². The number of furan rings is 1. The molecule has 0 amide bonds. The largest absolute Gasteiger partial charge is 0.512 e. The van der Waals surface area contributed by atoms with Crippen molar-refractivity contribution < 1.29 is 38.8 Å². The van der Waals surface area contributed by atoms with Crippen molar-refractivity contribution >= 4 is 62.4 Å². The van der Waals surface area contributed by atoms with Crippen molar-refractivity contribution in [1.29, 1.82) is 0 Å². The topological polar surface area (TPSA) is 63.3 Å². The molecule has 3 aromatic carbocycles. The fraction of sp³-hybridized carbons (Fsp3) is 0.404. The predicted molar refractivity (Wildman–Crippen MR) is 231 cm³/mol. The molecule has 0 bridgehead atoms. The number of thiophene rings is 1. The number of benzene rings is 3. The van der Waals surface area contributed by atoms with Gasteiger partial charge in [0.15, 0.2) is 5.78 Å². The third-order valence-corrected chi connectivity index (χ3v) is 14.0. The number of hydrogen-bond donors (Lipinski definition) is 1. The smallest absolute Gasteiger partial charge is 0.162 e. The number of rotatable bonds is 10. The van der Waals surface area contributed by atoms with Crippen LogP contribution in [0.4, 0.5) is 4.39 Å². The number of aliphatic hydroxyl groups excluding tert-OH is 1. The van der Waals surface area contributed by atoms with E-state index in [1.165, 1.54) is 44.8 Å². The molecule has 0 saturated heterocycles. The van der Waals surface area contributed by atoms with Crippen LogP contribution in [0.1, 0.15) is 66.5 Å². The van der Waals surface area contributed by atoms with Gasteiger partial charge >= 0.3 is 0 Å². The summed E-state index contributed by atoms with van der Waals surface area (Å²) < 4.78 is 21.2. The van der Waals surface area contributed by atoms with E-state index in [0.717, 1.165) is 32.3 Å². The molecular formula is C47H57FIrNO3SSi-. The Morgan fingerprint density at radius 1 is 0.836 bits per heavy atom. The molecule has 8 heteroatoms. The number of allylic oxidation sites excluding steroid dienone is 2. The van der Waals surface area contributed by atoms with Gasteiger partial charge in [0.25, 0.3) is 0 Å². The Morgan fingerprint density at radius 2 is 1.44 bits per heavy atom. The summed E-state index contributed by atoms with van der Waals surface area (Å²) in [6.07, 6.45) is 3.34. The maximum Gasteiger partial charge on any atom is 0.162 e. The van der Waals surface area contributed by atoms with E-state index in [-0.39, 0.29) is 49.3 Å². The molecule has 0 saturated carbocycles. The Bertz CT molecular complexity index is 2300. The number of carbonyl (C=O) groups excluding carboxylic acids is 1. The number of fused-ring (bicyclic) bond motifs is 4. The third kappa shape index (κ3) is 9.59. The first-order valence-electron chi connectivity index (χ1n) is 19.3. The fourth-order valence-electron chi connectivity index (χ4n) is 8.03. The number of aryl methyl sites for hydroxylation is 2. The summed E-state index contributed by atoms with van der Waals surface area (Å²) in [5, 5.41) is 14.8. The number of aromatic nitrogens is 1. The van der Waals surface area contributed by atoms with Gasteiger partial charge in [-0.1, -0.05) is 122 Å². The van der Waals surface area contributed by atoms with Crippen LogP contribution in [0.5, 0.6) is 0 Å². The summed E-state index contributed by atoms with van der Waals surface area (Å²) >= 11 is 1.76. The number of nitrogens with zero attached hydrogens (tertiary/aromatic N) is 1. The van der Waals surface area contributed by atoms with Gasteiger partial charge in [-0.15, -0.1) is 29.0 Å². The molecule has 0 spiro atoms. The first kappa shape index (κ1) is 44.3. The molecule has 0 aliphatic rings. The van der Waals surface area contributed by atoms with Crippen LogP contribution in [0.25, 0.3) is 53.7 Å². The second kappa shape index (κ2) is 17.8. The van der Waals surface area contributed by atoms with Crippen LogP contribution in [0.3, 0.4) is 0 Å². The van der Waals surface area contributed by atoms with Crippen molar-refractivity contribution in [2.45, 2.75) is 88.9 Å². The van der Waals surface area contributed by atoms with Crippen LogP contribution >= 0.6 is 11.3 Å². The summed E-state index contributed by atoms with van der Waals surface area (Å²) in [6.45, 7) is 27.9. The molecule has 0 atom stereocenters.